The Bertz CT molecular complexity index is 459. The minimum absolute atomic E-state index is 0.236. The Morgan fingerprint density at radius 3 is 2.43 bits per heavy atom. The van der Waals surface area contributed by atoms with Gasteiger partial charge < -0.3 is 24.3 Å². The molecule has 6 heteroatoms. The number of hydrogen-bond acceptors (Lipinski definition) is 5. The van der Waals surface area contributed by atoms with E-state index in [1.165, 1.54) is 5.56 Å². The molecule has 0 heterocycles. The van der Waals surface area contributed by atoms with Crippen molar-refractivity contribution in [3.05, 3.63) is 42.0 Å². The molecule has 5 nitrogen and oxygen atoms in total. The molecule has 1 rings (SSSR count). The van der Waals surface area contributed by atoms with Crippen molar-refractivity contribution < 1.29 is 13.3 Å². The van der Waals surface area contributed by atoms with Crippen LogP contribution in [0.5, 0.6) is 0 Å². The van der Waals surface area contributed by atoms with Crippen LogP contribution in [0, 0.1) is 0 Å². The number of benzene rings is 1. The van der Waals surface area contributed by atoms with Crippen LogP contribution in [0.15, 0.2) is 30.8 Å². The monoisotopic (exact) mass is 338 g/mol. The van der Waals surface area contributed by atoms with Gasteiger partial charge in [0.25, 0.3) is 0 Å². The maximum Gasteiger partial charge on any atom is 0.500 e. The minimum atomic E-state index is -2.47. The zero-order chi connectivity index (χ0) is 17.1. The van der Waals surface area contributed by atoms with E-state index in [0.717, 1.165) is 31.0 Å². The van der Waals surface area contributed by atoms with Crippen LogP contribution in [0.1, 0.15) is 17.5 Å². The van der Waals surface area contributed by atoms with Crippen molar-refractivity contribution in [3.8, 4) is 0 Å². The molecule has 1 unspecified atom stereocenters. The van der Waals surface area contributed by atoms with Crippen LogP contribution in [0.3, 0.4) is 0 Å². The third-order valence-corrected chi connectivity index (χ3v) is 6.88. The molecule has 3 N–H and O–H groups in total. The Morgan fingerprint density at radius 1 is 1.22 bits per heavy atom. The smallest absolute Gasteiger partial charge is 0.377 e. The minimum Gasteiger partial charge on any atom is -0.377 e. The summed E-state index contributed by atoms with van der Waals surface area (Å²) < 4.78 is 16.3. The molecule has 23 heavy (non-hydrogen) atoms. The van der Waals surface area contributed by atoms with Gasteiger partial charge in [0.2, 0.25) is 0 Å². The van der Waals surface area contributed by atoms with Gasteiger partial charge in [-0.3, -0.25) is 0 Å². The van der Waals surface area contributed by atoms with E-state index >= 15 is 0 Å². The number of rotatable bonds is 12. The Hall–Kier alpha value is -1.02. The number of nitrogens with two attached hydrogens (primary N) is 1. The van der Waals surface area contributed by atoms with Gasteiger partial charge in [-0.1, -0.05) is 36.9 Å². The third-order valence-electron chi connectivity index (χ3n) is 4.05. The SMILES string of the molecule is C=Cc1ccccc1CC(CN)NCCC[Si](OC)(OC)OC. The summed E-state index contributed by atoms with van der Waals surface area (Å²) in [5.41, 5.74) is 8.33. The molecule has 1 aromatic rings. The van der Waals surface area contributed by atoms with Crippen LogP contribution in [-0.4, -0.2) is 49.3 Å². The second-order valence-corrected chi connectivity index (χ2v) is 8.48. The maximum absolute atomic E-state index is 5.90. The van der Waals surface area contributed by atoms with Crippen LogP contribution in [0.2, 0.25) is 6.04 Å². The Morgan fingerprint density at radius 2 is 1.87 bits per heavy atom. The highest BCUT2D eigenvalue weighted by Gasteiger charge is 2.36. The van der Waals surface area contributed by atoms with Gasteiger partial charge in [0.05, 0.1) is 0 Å². The molecule has 0 saturated carbocycles. The van der Waals surface area contributed by atoms with E-state index in [1.54, 1.807) is 21.3 Å². The first-order valence-corrected chi connectivity index (χ1v) is 9.87. The topological polar surface area (TPSA) is 65.7 Å². The summed E-state index contributed by atoms with van der Waals surface area (Å²) in [6.07, 6.45) is 3.69. The standard InChI is InChI=1S/C17H30N2O3Si/c1-5-15-9-6-7-10-16(15)13-17(14-18)19-11-8-12-23(20-2,21-3)22-4/h5-7,9-10,17,19H,1,8,11-14,18H2,2-4H3. The van der Waals surface area contributed by atoms with Gasteiger partial charge in [-0.15, -0.1) is 0 Å². The van der Waals surface area contributed by atoms with E-state index < -0.39 is 8.80 Å². The normalized spacial score (nSPS) is 13.0. The summed E-state index contributed by atoms with van der Waals surface area (Å²) in [7, 11) is 2.45. The fourth-order valence-corrected chi connectivity index (χ4v) is 4.31. The van der Waals surface area contributed by atoms with Crippen molar-refractivity contribution in [1.29, 1.82) is 0 Å². The van der Waals surface area contributed by atoms with Gasteiger partial charge in [0.15, 0.2) is 0 Å². The zero-order valence-corrected chi connectivity index (χ0v) is 15.5. The lowest BCUT2D eigenvalue weighted by molar-refractivity contribution is 0.123. The molecule has 1 aromatic carbocycles. The van der Waals surface area contributed by atoms with Gasteiger partial charge in [0, 0.05) is 40.0 Å². The summed E-state index contributed by atoms with van der Waals surface area (Å²) in [6, 6.07) is 9.29. The molecule has 1 atom stereocenters. The van der Waals surface area contributed by atoms with Crippen LogP contribution >= 0.6 is 0 Å². The lowest BCUT2D eigenvalue weighted by atomic mass is 10.00. The average molecular weight is 339 g/mol. The zero-order valence-electron chi connectivity index (χ0n) is 14.5. The highest BCUT2D eigenvalue weighted by Crippen LogP contribution is 2.15. The van der Waals surface area contributed by atoms with E-state index in [1.807, 2.05) is 18.2 Å². The second kappa shape index (κ2) is 10.7. The Kier molecular flexibility index (Phi) is 9.31. The quantitative estimate of drug-likeness (QED) is 0.451. The van der Waals surface area contributed by atoms with Crippen molar-refractivity contribution in [2.24, 2.45) is 5.73 Å². The summed E-state index contributed by atoms with van der Waals surface area (Å²) in [4.78, 5) is 0. The van der Waals surface area contributed by atoms with Crippen LogP contribution in [0.25, 0.3) is 6.08 Å². The molecule has 0 spiro atoms. The molecular formula is C17H30N2O3Si. The second-order valence-electron chi connectivity index (χ2n) is 5.39. The van der Waals surface area contributed by atoms with Crippen molar-refractivity contribution in [1.82, 2.24) is 5.32 Å². The molecule has 0 fully saturated rings. The van der Waals surface area contributed by atoms with Gasteiger partial charge in [-0.25, -0.2) is 0 Å². The Labute approximate surface area is 141 Å². The molecule has 0 aliphatic heterocycles. The van der Waals surface area contributed by atoms with Crippen molar-refractivity contribution in [3.63, 3.8) is 0 Å². The number of hydrogen-bond donors (Lipinski definition) is 2. The number of nitrogens with one attached hydrogen (secondary N) is 1. The first-order chi connectivity index (χ1) is 11.1. The molecule has 0 aromatic heterocycles. The van der Waals surface area contributed by atoms with Gasteiger partial charge in [-0.2, -0.15) is 0 Å². The maximum atomic E-state index is 5.90. The predicted molar refractivity (Wildman–Crippen MR) is 97.3 cm³/mol. The van der Waals surface area contributed by atoms with E-state index in [4.69, 9.17) is 19.0 Å². The summed E-state index contributed by atoms with van der Waals surface area (Å²) in [5, 5.41) is 3.51. The molecule has 0 aliphatic carbocycles. The van der Waals surface area contributed by atoms with Crippen molar-refractivity contribution in [2.45, 2.75) is 24.9 Å². The molecule has 0 amide bonds. The Balaban J connectivity index is 2.47. The van der Waals surface area contributed by atoms with E-state index in [9.17, 15) is 0 Å². The summed E-state index contributed by atoms with van der Waals surface area (Å²) in [5.74, 6) is 0. The van der Waals surface area contributed by atoms with Crippen molar-refractivity contribution >= 4 is 14.9 Å². The lowest BCUT2D eigenvalue weighted by Crippen LogP contribution is -2.44. The van der Waals surface area contributed by atoms with Crippen LogP contribution < -0.4 is 11.1 Å². The first-order valence-electron chi connectivity index (χ1n) is 7.94. The average Bonchev–Trinajstić information content (AvgIpc) is 2.61. The lowest BCUT2D eigenvalue weighted by Gasteiger charge is -2.25. The first kappa shape index (κ1) is 20.0. The highest BCUT2D eigenvalue weighted by molar-refractivity contribution is 6.60. The molecular weight excluding hydrogens is 308 g/mol. The highest BCUT2D eigenvalue weighted by atomic mass is 28.4. The van der Waals surface area contributed by atoms with E-state index in [-0.39, 0.29) is 6.04 Å². The summed E-state index contributed by atoms with van der Waals surface area (Å²) in [6.45, 7) is 5.31. The molecule has 130 valence electrons. The molecule has 0 aliphatic rings. The largest absolute Gasteiger partial charge is 0.500 e. The van der Waals surface area contributed by atoms with Crippen LogP contribution in [-0.2, 0) is 19.7 Å². The van der Waals surface area contributed by atoms with Gasteiger partial charge in [0.1, 0.15) is 0 Å². The third kappa shape index (κ3) is 6.17. The summed E-state index contributed by atoms with van der Waals surface area (Å²) >= 11 is 0. The van der Waals surface area contributed by atoms with E-state index in [2.05, 4.69) is 24.0 Å². The fourth-order valence-electron chi connectivity index (χ4n) is 2.59. The van der Waals surface area contributed by atoms with Crippen LogP contribution in [0.4, 0.5) is 0 Å². The molecule has 0 radical (unpaired) electrons. The van der Waals surface area contributed by atoms with Gasteiger partial charge >= 0.3 is 8.80 Å². The molecule has 0 bridgehead atoms. The molecule has 0 saturated heterocycles. The van der Waals surface area contributed by atoms with Gasteiger partial charge in [-0.05, 0) is 30.5 Å². The van der Waals surface area contributed by atoms with E-state index in [0.29, 0.717) is 6.54 Å². The predicted octanol–water partition coefficient (Wildman–Crippen LogP) is 2.06. The fraction of sp³-hybridized carbons (Fsp3) is 0.529. The van der Waals surface area contributed by atoms with Crippen molar-refractivity contribution in [2.75, 3.05) is 34.4 Å².